The quantitative estimate of drug-likeness (QED) is 0.830. The van der Waals surface area contributed by atoms with Crippen molar-refractivity contribution in [2.75, 3.05) is 7.11 Å². The summed E-state index contributed by atoms with van der Waals surface area (Å²) >= 11 is 0. The second-order valence-electron chi connectivity index (χ2n) is 4.72. The third-order valence-electron chi connectivity index (χ3n) is 3.26. The summed E-state index contributed by atoms with van der Waals surface area (Å²) in [5.74, 6) is 1.69. The summed E-state index contributed by atoms with van der Waals surface area (Å²) < 4.78 is 5.10. The van der Waals surface area contributed by atoms with E-state index in [1.165, 1.54) is 0 Å². The Bertz CT molecular complexity index is 303. The molecule has 1 N–H and O–H groups in total. The summed E-state index contributed by atoms with van der Waals surface area (Å²) in [4.78, 5) is 0. The van der Waals surface area contributed by atoms with Crippen molar-refractivity contribution in [3.63, 3.8) is 0 Å². The molecule has 2 heteroatoms. The van der Waals surface area contributed by atoms with Gasteiger partial charge in [-0.05, 0) is 36.0 Å². The predicted octanol–water partition coefficient (Wildman–Crippen LogP) is 2.89. The predicted molar refractivity (Wildman–Crippen MR) is 66.7 cm³/mol. The molecule has 0 saturated heterocycles. The molecule has 0 aromatic heterocycles. The van der Waals surface area contributed by atoms with Gasteiger partial charge >= 0.3 is 0 Å². The Morgan fingerprint density at radius 2 is 1.69 bits per heavy atom. The molecule has 0 aliphatic carbocycles. The Kier molecular flexibility index (Phi) is 4.81. The van der Waals surface area contributed by atoms with Crippen LogP contribution in [0.5, 0.6) is 5.75 Å². The van der Waals surface area contributed by atoms with E-state index in [0.29, 0.717) is 18.3 Å². The molecule has 1 aromatic rings. The van der Waals surface area contributed by atoms with Crippen molar-refractivity contribution in [3.8, 4) is 5.75 Å². The lowest BCUT2D eigenvalue weighted by Gasteiger charge is -2.22. The van der Waals surface area contributed by atoms with Gasteiger partial charge in [0.2, 0.25) is 0 Å². The largest absolute Gasteiger partial charge is 0.497 e. The second kappa shape index (κ2) is 5.90. The zero-order valence-corrected chi connectivity index (χ0v) is 10.6. The van der Waals surface area contributed by atoms with Crippen molar-refractivity contribution < 1.29 is 9.84 Å². The van der Waals surface area contributed by atoms with E-state index in [1.54, 1.807) is 7.11 Å². The molecule has 1 rings (SSSR count). The van der Waals surface area contributed by atoms with Crippen molar-refractivity contribution in [1.82, 2.24) is 0 Å². The van der Waals surface area contributed by atoms with Gasteiger partial charge in [0, 0.05) is 0 Å². The number of aliphatic hydroxyl groups excluding tert-OH is 1. The lowest BCUT2D eigenvalue weighted by molar-refractivity contribution is 0.0921. The zero-order chi connectivity index (χ0) is 12.1. The minimum atomic E-state index is -0.270. The molecular formula is C14H22O2. The SMILES string of the molecule is COc1ccc(CC(O)C(C)C(C)C)cc1. The maximum atomic E-state index is 10.0. The summed E-state index contributed by atoms with van der Waals surface area (Å²) in [7, 11) is 1.66. The standard InChI is InChI=1S/C14H22O2/c1-10(2)11(3)14(15)9-12-5-7-13(16-4)8-6-12/h5-8,10-11,14-15H,9H2,1-4H3. The number of hydrogen-bond acceptors (Lipinski definition) is 2. The van der Waals surface area contributed by atoms with E-state index >= 15 is 0 Å². The molecule has 2 atom stereocenters. The first-order valence-electron chi connectivity index (χ1n) is 5.85. The molecular weight excluding hydrogens is 200 g/mol. The van der Waals surface area contributed by atoms with Crippen LogP contribution in [0.15, 0.2) is 24.3 Å². The second-order valence-corrected chi connectivity index (χ2v) is 4.72. The smallest absolute Gasteiger partial charge is 0.118 e. The molecule has 0 aliphatic rings. The number of rotatable bonds is 5. The molecule has 2 nitrogen and oxygen atoms in total. The van der Waals surface area contributed by atoms with Crippen molar-refractivity contribution in [2.45, 2.75) is 33.3 Å². The molecule has 0 aliphatic heterocycles. The van der Waals surface area contributed by atoms with Gasteiger partial charge in [-0.2, -0.15) is 0 Å². The Morgan fingerprint density at radius 1 is 1.12 bits per heavy atom. The molecule has 1 aromatic carbocycles. The Labute approximate surface area is 98.3 Å². The average molecular weight is 222 g/mol. The van der Waals surface area contributed by atoms with Crippen LogP contribution in [0.25, 0.3) is 0 Å². The molecule has 90 valence electrons. The molecule has 0 saturated carbocycles. The third kappa shape index (κ3) is 3.53. The fourth-order valence-corrected chi connectivity index (χ4v) is 1.63. The molecule has 2 unspecified atom stereocenters. The first kappa shape index (κ1) is 13.0. The third-order valence-corrected chi connectivity index (χ3v) is 3.26. The van der Waals surface area contributed by atoms with E-state index in [4.69, 9.17) is 4.74 Å². The minimum absolute atomic E-state index is 0.270. The summed E-state index contributed by atoms with van der Waals surface area (Å²) in [5.41, 5.74) is 1.15. The van der Waals surface area contributed by atoms with Gasteiger partial charge in [0.15, 0.2) is 0 Å². The fraction of sp³-hybridized carbons (Fsp3) is 0.571. The molecule has 16 heavy (non-hydrogen) atoms. The average Bonchev–Trinajstić information content (AvgIpc) is 2.28. The van der Waals surface area contributed by atoms with Gasteiger partial charge in [0.05, 0.1) is 13.2 Å². The highest BCUT2D eigenvalue weighted by Gasteiger charge is 2.17. The topological polar surface area (TPSA) is 29.5 Å². The molecule has 0 heterocycles. The van der Waals surface area contributed by atoms with Crippen LogP contribution in [0.4, 0.5) is 0 Å². The maximum Gasteiger partial charge on any atom is 0.118 e. The highest BCUT2D eigenvalue weighted by Crippen LogP contribution is 2.19. The number of aliphatic hydroxyl groups is 1. The molecule has 0 bridgehead atoms. The van der Waals surface area contributed by atoms with Crippen molar-refractivity contribution in [2.24, 2.45) is 11.8 Å². The Balaban J connectivity index is 2.59. The first-order valence-corrected chi connectivity index (χ1v) is 5.85. The highest BCUT2D eigenvalue weighted by molar-refractivity contribution is 5.27. The van der Waals surface area contributed by atoms with Crippen LogP contribution < -0.4 is 4.74 Å². The van der Waals surface area contributed by atoms with Crippen LogP contribution in [-0.4, -0.2) is 18.3 Å². The number of methoxy groups -OCH3 is 1. The lowest BCUT2D eigenvalue weighted by Crippen LogP contribution is -2.24. The highest BCUT2D eigenvalue weighted by atomic mass is 16.5. The van der Waals surface area contributed by atoms with Gasteiger partial charge in [0.1, 0.15) is 5.75 Å². The molecule has 0 radical (unpaired) electrons. The van der Waals surface area contributed by atoms with Crippen LogP contribution in [0, 0.1) is 11.8 Å². The summed E-state index contributed by atoms with van der Waals surface area (Å²) in [6.07, 6.45) is 0.442. The van der Waals surface area contributed by atoms with Gasteiger partial charge in [-0.3, -0.25) is 0 Å². The van der Waals surface area contributed by atoms with Gasteiger partial charge in [-0.15, -0.1) is 0 Å². The van der Waals surface area contributed by atoms with Gasteiger partial charge < -0.3 is 9.84 Å². The summed E-state index contributed by atoms with van der Waals surface area (Å²) in [6, 6.07) is 7.88. The number of ether oxygens (including phenoxy) is 1. The van der Waals surface area contributed by atoms with E-state index < -0.39 is 0 Å². The molecule has 0 amide bonds. The zero-order valence-electron chi connectivity index (χ0n) is 10.6. The molecule has 0 fully saturated rings. The number of hydrogen-bond donors (Lipinski definition) is 1. The van der Waals surface area contributed by atoms with E-state index in [1.807, 2.05) is 24.3 Å². The van der Waals surface area contributed by atoms with Crippen LogP contribution in [0.2, 0.25) is 0 Å². The lowest BCUT2D eigenvalue weighted by atomic mass is 9.89. The van der Waals surface area contributed by atoms with E-state index in [-0.39, 0.29) is 6.10 Å². The van der Waals surface area contributed by atoms with Crippen molar-refractivity contribution >= 4 is 0 Å². The van der Waals surface area contributed by atoms with Gasteiger partial charge in [-0.1, -0.05) is 32.9 Å². The van der Waals surface area contributed by atoms with E-state index in [9.17, 15) is 5.11 Å². The minimum Gasteiger partial charge on any atom is -0.497 e. The first-order chi connectivity index (χ1) is 7.54. The van der Waals surface area contributed by atoms with Gasteiger partial charge in [-0.25, -0.2) is 0 Å². The Morgan fingerprint density at radius 3 is 2.12 bits per heavy atom. The van der Waals surface area contributed by atoms with E-state index in [2.05, 4.69) is 20.8 Å². The number of benzene rings is 1. The summed E-state index contributed by atoms with van der Waals surface area (Å²) in [5, 5.41) is 10.0. The van der Waals surface area contributed by atoms with Crippen LogP contribution in [0.3, 0.4) is 0 Å². The van der Waals surface area contributed by atoms with E-state index in [0.717, 1.165) is 11.3 Å². The molecule has 0 spiro atoms. The van der Waals surface area contributed by atoms with Crippen molar-refractivity contribution in [3.05, 3.63) is 29.8 Å². The van der Waals surface area contributed by atoms with Crippen molar-refractivity contribution in [1.29, 1.82) is 0 Å². The normalized spacial score (nSPS) is 14.9. The van der Waals surface area contributed by atoms with Crippen LogP contribution >= 0.6 is 0 Å². The van der Waals surface area contributed by atoms with Crippen LogP contribution in [0.1, 0.15) is 26.3 Å². The van der Waals surface area contributed by atoms with Crippen LogP contribution in [-0.2, 0) is 6.42 Å². The fourth-order valence-electron chi connectivity index (χ4n) is 1.63. The monoisotopic (exact) mass is 222 g/mol. The maximum absolute atomic E-state index is 10.0. The Hall–Kier alpha value is -1.02. The summed E-state index contributed by atoms with van der Waals surface area (Å²) in [6.45, 7) is 6.38. The van der Waals surface area contributed by atoms with Gasteiger partial charge in [0.25, 0.3) is 0 Å².